The van der Waals surface area contributed by atoms with E-state index in [1.807, 2.05) is 78.9 Å². The molecule has 2 aromatic heterocycles. The molecule has 9 rings (SSSR count). The van der Waals surface area contributed by atoms with Crippen LogP contribution in [0.3, 0.4) is 0 Å². The van der Waals surface area contributed by atoms with E-state index in [0.29, 0.717) is 22.9 Å². The first kappa shape index (κ1) is 26.7. The Balaban J connectivity index is 1.47. The summed E-state index contributed by atoms with van der Waals surface area (Å²) in [7, 11) is -2.39. The molecule has 0 bridgehead atoms. The molecule has 0 N–H and O–H groups in total. The summed E-state index contributed by atoms with van der Waals surface area (Å²) < 4.78 is 13.7. The Kier molecular flexibility index (Phi) is 5.89. The molecule has 1 aliphatic rings. The molecule has 46 heavy (non-hydrogen) atoms. The van der Waals surface area contributed by atoms with Gasteiger partial charge in [-0.2, -0.15) is 0 Å². The first-order valence-electron chi connectivity index (χ1n) is 15.8. The third-order valence-electron chi connectivity index (χ3n) is 9.40. The van der Waals surface area contributed by atoms with Crippen molar-refractivity contribution in [1.29, 1.82) is 0 Å². The summed E-state index contributed by atoms with van der Waals surface area (Å²) in [4.78, 5) is 12.8. The van der Waals surface area contributed by atoms with E-state index in [0.717, 1.165) is 50.3 Å². The second kappa shape index (κ2) is 10.2. The van der Waals surface area contributed by atoms with E-state index in [4.69, 9.17) is 18.8 Å². The number of para-hydroxylation sites is 2. The van der Waals surface area contributed by atoms with E-state index >= 15 is 0 Å². The Morgan fingerprint density at radius 2 is 0.913 bits per heavy atom. The topological polar surface area (TPSA) is 55.3 Å². The van der Waals surface area contributed by atoms with Crippen LogP contribution in [0.15, 0.2) is 148 Å². The molecule has 222 valence electrons. The van der Waals surface area contributed by atoms with Crippen LogP contribution in [0.2, 0.25) is 13.1 Å². The molecule has 6 heteroatoms. The molecular weight excluding hydrogens is 583 g/mol. The fraction of sp³-hybridized carbons (Fsp3) is 0.0500. The predicted octanol–water partition coefficient (Wildman–Crippen LogP) is 9.31. The minimum atomic E-state index is -2.39. The van der Waals surface area contributed by atoms with Gasteiger partial charge in [-0.15, -0.1) is 0 Å². The normalized spacial score (nSPS) is 14.3. The molecule has 1 aliphatic heterocycles. The van der Waals surface area contributed by atoms with Gasteiger partial charge in [0.05, 0.1) is 0 Å². The van der Waals surface area contributed by atoms with Crippen LogP contribution in [0.4, 0.5) is 17.1 Å². The second-order valence-electron chi connectivity index (χ2n) is 12.5. The van der Waals surface area contributed by atoms with Gasteiger partial charge in [-0.25, -0.2) is 0 Å². The average Bonchev–Trinajstić information content (AvgIpc) is 3.75. The zero-order valence-electron chi connectivity index (χ0n) is 25.5. The zero-order chi connectivity index (χ0) is 30.8. The summed E-state index contributed by atoms with van der Waals surface area (Å²) >= 11 is 0. The number of nitrogens with zero attached hydrogens (tertiary/aromatic N) is 3. The van der Waals surface area contributed by atoms with Crippen LogP contribution in [-0.2, 0) is 0 Å². The standard InChI is InChI=1S/C40H30N3O2Si/c1-46(2)31-24-14-12-22-29(31)43(30-23-13-15-25-32(30)46)36-35-37(44-40(42-35)28-20-10-5-11-21-28)33(26-16-6-3-7-17-26)34-38(36)45-39(41-34)27-18-8-4-9-19-27/h3-25,46H,1-2H3/q-1. The van der Waals surface area contributed by atoms with Gasteiger partial charge in [-0.1, -0.05) is 0 Å². The number of anilines is 3. The third-order valence-corrected chi connectivity index (χ3v) is 13.5. The van der Waals surface area contributed by atoms with E-state index in [2.05, 4.69) is 78.7 Å². The van der Waals surface area contributed by atoms with Gasteiger partial charge in [0.1, 0.15) is 0 Å². The second-order valence-corrected chi connectivity index (χ2v) is 17.5. The van der Waals surface area contributed by atoms with Crippen LogP contribution >= 0.6 is 0 Å². The molecule has 0 aliphatic carbocycles. The number of fused-ring (bicyclic) bond motifs is 4. The molecule has 0 saturated heterocycles. The fourth-order valence-electron chi connectivity index (χ4n) is 7.14. The molecule has 0 saturated carbocycles. The molecule has 0 radical (unpaired) electrons. The van der Waals surface area contributed by atoms with Crippen LogP contribution in [0.1, 0.15) is 0 Å². The van der Waals surface area contributed by atoms with Crippen LogP contribution in [-0.4, -0.2) is 18.0 Å². The fourth-order valence-corrected chi connectivity index (χ4v) is 10.6. The summed E-state index contributed by atoms with van der Waals surface area (Å²) in [5, 5.41) is 2.77. The van der Waals surface area contributed by atoms with Crippen molar-refractivity contribution in [1.82, 2.24) is 9.97 Å². The Hall–Kier alpha value is -5.72. The summed E-state index contributed by atoms with van der Waals surface area (Å²) in [6.07, 6.45) is 0. The maximum atomic E-state index is 6.88. The monoisotopic (exact) mass is 612 g/mol. The summed E-state index contributed by atoms with van der Waals surface area (Å²) in [5.41, 5.74) is 9.62. The number of rotatable bonds is 4. The van der Waals surface area contributed by atoms with Gasteiger partial charge >= 0.3 is 268 Å². The van der Waals surface area contributed by atoms with Gasteiger partial charge in [0.25, 0.3) is 0 Å². The zero-order valence-corrected chi connectivity index (χ0v) is 26.7. The molecule has 3 heterocycles. The SMILES string of the molecule is C[SiH-]1(C)c2ccccc2N(c2c3nc(-c4ccccc4)oc3c(-c3ccccc3)c3nc(-c4ccccc4)oc23)c2ccccc21. The molecular formula is C40H30N3O2Si-. The van der Waals surface area contributed by atoms with Gasteiger partial charge in [0.2, 0.25) is 0 Å². The first-order valence-corrected chi connectivity index (χ1v) is 19.2. The van der Waals surface area contributed by atoms with Crippen molar-refractivity contribution in [3.8, 4) is 34.0 Å². The van der Waals surface area contributed by atoms with Crippen molar-refractivity contribution in [2.24, 2.45) is 0 Å². The Morgan fingerprint density at radius 3 is 1.46 bits per heavy atom. The summed E-state index contributed by atoms with van der Waals surface area (Å²) in [6, 6.07) is 48.0. The molecule has 0 amide bonds. The predicted molar refractivity (Wildman–Crippen MR) is 191 cm³/mol. The Bertz CT molecular complexity index is 2250. The molecule has 8 aromatic rings. The van der Waals surface area contributed by atoms with Crippen LogP contribution in [0.25, 0.3) is 56.2 Å². The molecule has 0 atom stereocenters. The van der Waals surface area contributed by atoms with Crippen molar-refractivity contribution in [2.75, 3.05) is 4.90 Å². The van der Waals surface area contributed by atoms with Crippen LogP contribution in [0.5, 0.6) is 0 Å². The molecule has 0 unspecified atom stereocenters. The summed E-state index contributed by atoms with van der Waals surface area (Å²) in [5.74, 6) is 1.11. The van der Waals surface area contributed by atoms with Crippen molar-refractivity contribution in [3.05, 3.63) is 140 Å². The summed E-state index contributed by atoms with van der Waals surface area (Å²) in [6.45, 7) is 4.91. The van der Waals surface area contributed by atoms with E-state index in [1.165, 1.54) is 10.4 Å². The van der Waals surface area contributed by atoms with Gasteiger partial charge in [0, 0.05) is 0 Å². The molecule has 5 nitrogen and oxygen atoms in total. The van der Waals surface area contributed by atoms with E-state index in [1.54, 1.807) is 0 Å². The molecule has 0 spiro atoms. The minimum absolute atomic E-state index is 0.556. The Morgan fingerprint density at radius 1 is 0.478 bits per heavy atom. The Labute approximate surface area is 267 Å². The number of hydrogen-bond donors (Lipinski definition) is 0. The van der Waals surface area contributed by atoms with Crippen molar-refractivity contribution in [3.63, 3.8) is 0 Å². The quantitative estimate of drug-likeness (QED) is 0.185. The van der Waals surface area contributed by atoms with Crippen molar-refractivity contribution >= 4 is 57.7 Å². The van der Waals surface area contributed by atoms with Gasteiger partial charge in [-0.3, -0.25) is 0 Å². The van der Waals surface area contributed by atoms with Crippen molar-refractivity contribution in [2.45, 2.75) is 13.1 Å². The third kappa shape index (κ3) is 3.93. The van der Waals surface area contributed by atoms with Crippen LogP contribution in [0, 0.1) is 0 Å². The maximum absolute atomic E-state index is 6.88. The number of benzene rings is 6. The molecule has 0 fully saturated rings. The first-order chi connectivity index (χ1) is 22.6. The van der Waals surface area contributed by atoms with Gasteiger partial charge in [0.15, 0.2) is 0 Å². The molecule has 6 aromatic carbocycles. The number of oxazole rings is 2. The van der Waals surface area contributed by atoms with Gasteiger partial charge < -0.3 is 0 Å². The number of aromatic nitrogens is 2. The van der Waals surface area contributed by atoms with Gasteiger partial charge in [-0.05, 0) is 0 Å². The van der Waals surface area contributed by atoms with Crippen LogP contribution < -0.4 is 15.3 Å². The van der Waals surface area contributed by atoms with E-state index < -0.39 is 8.07 Å². The number of hydrogen-bond acceptors (Lipinski definition) is 5. The van der Waals surface area contributed by atoms with E-state index in [-0.39, 0.29) is 0 Å². The average molecular weight is 613 g/mol. The van der Waals surface area contributed by atoms with Crippen molar-refractivity contribution < 1.29 is 8.83 Å². The van der Waals surface area contributed by atoms with E-state index in [9.17, 15) is 0 Å².